The molecule has 1 aromatic carbocycles. The molecule has 106 valence electrons. The van der Waals surface area contributed by atoms with Gasteiger partial charge in [-0.05, 0) is 35.5 Å². The van der Waals surface area contributed by atoms with Gasteiger partial charge in [0.2, 0.25) is 0 Å². The van der Waals surface area contributed by atoms with E-state index in [1.54, 1.807) is 30.5 Å². The number of nitrogens with zero attached hydrogens (tertiary/aromatic N) is 1. The number of ether oxygens (including phenoxy) is 1. The summed E-state index contributed by atoms with van der Waals surface area (Å²) in [5.41, 5.74) is 2.12. The molecule has 20 heavy (non-hydrogen) atoms. The van der Waals surface area contributed by atoms with E-state index in [9.17, 15) is 10.1 Å². The fraction of sp³-hybridized carbons (Fsp3) is 0.286. The van der Waals surface area contributed by atoms with Gasteiger partial charge in [-0.1, -0.05) is 0 Å². The molecule has 2 aromatic rings. The highest BCUT2D eigenvalue weighted by molar-refractivity contribution is 7.07. The van der Waals surface area contributed by atoms with E-state index in [1.165, 1.54) is 11.6 Å². The summed E-state index contributed by atoms with van der Waals surface area (Å²) in [6, 6.07) is 6.76. The van der Waals surface area contributed by atoms with E-state index in [4.69, 9.17) is 4.74 Å². The number of rotatable bonds is 7. The van der Waals surface area contributed by atoms with E-state index in [2.05, 4.69) is 16.8 Å². The lowest BCUT2D eigenvalue weighted by atomic mass is 10.1. The van der Waals surface area contributed by atoms with Crippen LogP contribution in [0.1, 0.15) is 11.1 Å². The topological polar surface area (TPSA) is 64.4 Å². The first-order chi connectivity index (χ1) is 9.70. The second-order valence-corrected chi connectivity index (χ2v) is 5.09. The van der Waals surface area contributed by atoms with Crippen LogP contribution in [0.2, 0.25) is 0 Å². The Morgan fingerprint density at radius 3 is 2.90 bits per heavy atom. The smallest absolute Gasteiger partial charge is 0.270 e. The summed E-state index contributed by atoms with van der Waals surface area (Å²) < 4.78 is 5.74. The molecule has 0 amide bonds. The second kappa shape index (κ2) is 7.02. The van der Waals surface area contributed by atoms with Crippen LogP contribution >= 0.6 is 11.3 Å². The van der Waals surface area contributed by atoms with Gasteiger partial charge in [-0.2, -0.15) is 11.3 Å². The van der Waals surface area contributed by atoms with Crippen molar-refractivity contribution in [3.05, 3.63) is 56.3 Å². The number of hydrogen-bond acceptors (Lipinski definition) is 5. The maximum atomic E-state index is 10.8. The van der Waals surface area contributed by atoms with E-state index >= 15 is 0 Å². The normalized spacial score (nSPS) is 10.4. The van der Waals surface area contributed by atoms with Crippen LogP contribution in [0, 0.1) is 10.1 Å². The van der Waals surface area contributed by atoms with E-state index in [-0.39, 0.29) is 5.69 Å². The first-order valence-corrected chi connectivity index (χ1v) is 7.21. The summed E-state index contributed by atoms with van der Waals surface area (Å²) in [6.07, 6.45) is 0.833. The van der Waals surface area contributed by atoms with Crippen LogP contribution in [0.4, 0.5) is 5.69 Å². The van der Waals surface area contributed by atoms with Gasteiger partial charge in [0.15, 0.2) is 0 Å². The summed E-state index contributed by atoms with van der Waals surface area (Å²) in [5.74, 6) is 0.695. The number of non-ortho nitro benzene ring substituents is 1. The molecule has 0 spiro atoms. The third-order valence-electron chi connectivity index (χ3n) is 2.85. The van der Waals surface area contributed by atoms with Crippen molar-refractivity contribution in [3.63, 3.8) is 0 Å². The molecule has 1 heterocycles. The summed E-state index contributed by atoms with van der Waals surface area (Å²) in [5, 5.41) is 17.9. The molecule has 6 heteroatoms. The summed E-state index contributed by atoms with van der Waals surface area (Å²) in [4.78, 5) is 10.4. The average molecular weight is 292 g/mol. The van der Waals surface area contributed by atoms with Crippen LogP contribution in [-0.4, -0.2) is 18.6 Å². The molecule has 0 atom stereocenters. The van der Waals surface area contributed by atoms with Crippen molar-refractivity contribution >= 4 is 17.0 Å². The highest BCUT2D eigenvalue weighted by atomic mass is 32.1. The van der Waals surface area contributed by atoms with Crippen LogP contribution in [0.15, 0.2) is 35.0 Å². The van der Waals surface area contributed by atoms with Crippen molar-refractivity contribution in [3.8, 4) is 5.75 Å². The van der Waals surface area contributed by atoms with E-state index < -0.39 is 4.92 Å². The molecule has 1 N–H and O–H groups in total. The highest BCUT2D eigenvalue weighted by Crippen LogP contribution is 2.24. The molecule has 1 aromatic heterocycles. The molecule has 0 saturated carbocycles. The third kappa shape index (κ3) is 3.79. The number of nitro groups is 1. The van der Waals surface area contributed by atoms with Gasteiger partial charge in [0.1, 0.15) is 5.75 Å². The van der Waals surface area contributed by atoms with Crippen molar-refractivity contribution in [1.29, 1.82) is 0 Å². The Balaban J connectivity index is 2.03. The minimum absolute atomic E-state index is 0.0837. The Morgan fingerprint density at radius 1 is 1.40 bits per heavy atom. The van der Waals surface area contributed by atoms with Crippen molar-refractivity contribution in [2.75, 3.05) is 13.7 Å². The molecule has 2 rings (SSSR count). The Morgan fingerprint density at radius 2 is 2.25 bits per heavy atom. The van der Waals surface area contributed by atoms with Gasteiger partial charge >= 0.3 is 0 Å². The van der Waals surface area contributed by atoms with Gasteiger partial charge in [-0.3, -0.25) is 10.1 Å². The molecular weight excluding hydrogens is 276 g/mol. The first-order valence-electron chi connectivity index (χ1n) is 6.26. The molecule has 0 aliphatic rings. The predicted octanol–water partition coefficient (Wildman–Crippen LogP) is 3.00. The molecule has 0 bridgehead atoms. The monoisotopic (exact) mass is 292 g/mol. The van der Waals surface area contributed by atoms with Gasteiger partial charge in [-0.15, -0.1) is 0 Å². The first kappa shape index (κ1) is 14.5. The van der Waals surface area contributed by atoms with Crippen LogP contribution < -0.4 is 10.1 Å². The fourth-order valence-corrected chi connectivity index (χ4v) is 2.57. The van der Waals surface area contributed by atoms with Gasteiger partial charge in [0, 0.05) is 30.7 Å². The van der Waals surface area contributed by atoms with E-state index in [0.717, 1.165) is 12.0 Å². The van der Waals surface area contributed by atoms with Gasteiger partial charge in [-0.25, -0.2) is 0 Å². The molecule has 5 nitrogen and oxygen atoms in total. The fourth-order valence-electron chi connectivity index (χ4n) is 1.86. The maximum absolute atomic E-state index is 10.8. The zero-order valence-electron chi connectivity index (χ0n) is 11.2. The maximum Gasteiger partial charge on any atom is 0.270 e. The minimum Gasteiger partial charge on any atom is -0.493 e. The van der Waals surface area contributed by atoms with Crippen molar-refractivity contribution < 1.29 is 9.66 Å². The molecule has 0 unspecified atom stereocenters. The second-order valence-electron chi connectivity index (χ2n) is 4.31. The minimum atomic E-state index is -0.395. The van der Waals surface area contributed by atoms with Crippen LogP contribution in [-0.2, 0) is 13.0 Å². The third-order valence-corrected chi connectivity index (χ3v) is 3.58. The number of thiophene rings is 1. The molecular formula is C14H16N2O3S. The number of hydrogen-bond donors (Lipinski definition) is 1. The van der Waals surface area contributed by atoms with Crippen LogP contribution in [0.25, 0.3) is 0 Å². The Hall–Kier alpha value is -1.92. The van der Waals surface area contributed by atoms with E-state index in [0.29, 0.717) is 18.9 Å². The Kier molecular flexibility index (Phi) is 5.09. The quantitative estimate of drug-likeness (QED) is 0.629. The Bertz CT molecular complexity index is 570. The molecule has 0 aliphatic heterocycles. The number of nitro benzene ring substituents is 1. The van der Waals surface area contributed by atoms with Crippen LogP contribution in [0.5, 0.6) is 5.75 Å². The zero-order chi connectivity index (χ0) is 14.4. The summed E-state index contributed by atoms with van der Waals surface area (Å²) in [7, 11) is 1.80. The van der Waals surface area contributed by atoms with Gasteiger partial charge < -0.3 is 10.1 Å². The Labute approximate surface area is 121 Å². The molecule has 0 radical (unpaired) electrons. The summed E-state index contributed by atoms with van der Waals surface area (Å²) >= 11 is 1.66. The van der Waals surface area contributed by atoms with Crippen molar-refractivity contribution in [2.24, 2.45) is 0 Å². The van der Waals surface area contributed by atoms with Crippen LogP contribution in [0.3, 0.4) is 0 Å². The number of benzene rings is 1. The zero-order valence-corrected chi connectivity index (χ0v) is 12.0. The average Bonchev–Trinajstić information content (AvgIpc) is 2.93. The molecule has 0 saturated heterocycles. The van der Waals surface area contributed by atoms with Gasteiger partial charge in [0.05, 0.1) is 11.5 Å². The molecule has 0 fully saturated rings. The summed E-state index contributed by atoms with van der Waals surface area (Å²) in [6.45, 7) is 1.10. The SMILES string of the molecule is CNCc1cc([N+](=O)[O-])ccc1OCCc1ccsc1. The predicted molar refractivity (Wildman–Crippen MR) is 79.4 cm³/mol. The van der Waals surface area contributed by atoms with E-state index in [1.807, 2.05) is 5.38 Å². The highest BCUT2D eigenvalue weighted by Gasteiger charge is 2.11. The molecule has 0 aliphatic carbocycles. The standard InChI is InChI=1S/C14H16N2O3S/c1-15-9-12-8-13(16(17)18)2-3-14(12)19-6-4-11-5-7-20-10-11/h2-3,5,7-8,10,15H,4,6,9H2,1H3. The number of nitrogens with one attached hydrogen (secondary N) is 1. The van der Waals surface area contributed by atoms with Gasteiger partial charge in [0.25, 0.3) is 5.69 Å². The lowest BCUT2D eigenvalue weighted by Gasteiger charge is -2.11. The van der Waals surface area contributed by atoms with Crippen molar-refractivity contribution in [2.45, 2.75) is 13.0 Å². The lowest BCUT2D eigenvalue weighted by Crippen LogP contribution is -2.09. The largest absolute Gasteiger partial charge is 0.493 e. The van der Waals surface area contributed by atoms with Crippen molar-refractivity contribution in [1.82, 2.24) is 5.32 Å². The lowest BCUT2D eigenvalue weighted by molar-refractivity contribution is -0.384.